The molecule has 0 radical (unpaired) electrons. The molecule has 0 N–H and O–H groups in total. The van der Waals surface area contributed by atoms with Crippen LogP contribution in [0.4, 0.5) is 5.69 Å². The van der Waals surface area contributed by atoms with E-state index in [-0.39, 0.29) is 5.41 Å². The number of benzene rings is 6. The summed E-state index contributed by atoms with van der Waals surface area (Å²) in [4.78, 5) is 18.4. The first-order valence-corrected chi connectivity index (χ1v) is 19.3. The zero-order chi connectivity index (χ0) is 36.1. The third kappa shape index (κ3) is 5.63. The van der Waals surface area contributed by atoms with Gasteiger partial charge in [0, 0.05) is 22.1 Å². The summed E-state index contributed by atoms with van der Waals surface area (Å²) in [6, 6.07) is 55.8. The van der Waals surface area contributed by atoms with Crippen LogP contribution in [0.15, 0.2) is 158 Å². The lowest BCUT2D eigenvalue weighted by Gasteiger charge is -2.62. The van der Waals surface area contributed by atoms with E-state index in [1.807, 2.05) is 78.9 Å². The predicted molar refractivity (Wildman–Crippen MR) is 218 cm³/mol. The molecule has 0 atom stereocenters. The quantitative estimate of drug-likeness (QED) is 0.156. The van der Waals surface area contributed by atoms with Crippen LogP contribution < -0.4 is 0 Å². The second-order valence-electron chi connectivity index (χ2n) is 15.6. The maximum atomic E-state index is 7.48. The summed E-state index contributed by atoms with van der Waals surface area (Å²) in [7, 11) is 0. The molecule has 0 aliphatic heterocycles. The summed E-state index contributed by atoms with van der Waals surface area (Å²) in [6.45, 7) is 7.48. The Hall–Kier alpha value is -6.18. The molecule has 4 bridgehead atoms. The third-order valence-corrected chi connectivity index (χ3v) is 12.6. The highest BCUT2D eigenvalue weighted by Gasteiger charge is 2.58. The van der Waals surface area contributed by atoms with Crippen LogP contribution in [0.25, 0.3) is 61.3 Å². The van der Waals surface area contributed by atoms with E-state index < -0.39 is 0 Å². The fourth-order valence-electron chi connectivity index (χ4n) is 10.4. The van der Waals surface area contributed by atoms with Crippen LogP contribution in [-0.4, -0.2) is 15.0 Å². The Balaban J connectivity index is 0.982. The lowest BCUT2D eigenvalue weighted by molar-refractivity contribution is -0.0418. The molecule has 0 spiro atoms. The molecule has 260 valence electrons. The molecule has 0 amide bonds. The number of nitrogens with zero attached hydrogens (tertiary/aromatic N) is 4. The highest BCUT2D eigenvalue weighted by molar-refractivity contribution is 5.72. The lowest BCUT2D eigenvalue weighted by atomic mass is 9.42. The highest BCUT2D eigenvalue weighted by atomic mass is 15.0. The fraction of sp³-hybridized carbons (Fsp3) is 0.200. The SMILES string of the molecule is [C-]#[N+]c1cccc(-c2ccc(C3(c4ccc(-c5ccc(-c6nc(-c7ccccc7)nc(-c7ccccc7)n6)cc5)cc4)C4CC5CC(C4)CC3C5)cc2)c1. The first-order chi connectivity index (χ1) is 26.6. The maximum absolute atomic E-state index is 7.48. The molecule has 0 saturated heterocycles. The summed E-state index contributed by atoms with van der Waals surface area (Å²) >= 11 is 0. The van der Waals surface area contributed by atoms with Gasteiger partial charge in [-0.2, -0.15) is 0 Å². The summed E-state index contributed by atoms with van der Waals surface area (Å²) in [5.74, 6) is 5.09. The minimum atomic E-state index is 0.0261. The van der Waals surface area contributed by atoms with E-state index in [4.69, 9.17) is 21.5 Å². The van der Waals surface area contributed by atoms with E-state index >= 15 is 0 Å². The standard InChI is InChI=1S/C50H40N4/c1-51-46-14-8-13-41(32-46)37-21-25-43(26-22-37)50(44-28-33-27-34(30-44)31-45(50)29-33)42-23-19-36(20-24-42)35-15-17-40(18-16-35)49-53-47(38-9-4-2-5-10-38)52-48(54-49)39-11-6-3-7-12-39/h2-26,32-34,44-45H,27-31H2. The zero-order valence-electron chi connectivity index (χ0n) is 30.1. The molecule has 4 fully saturated rings. The van der Waals surface area contributed by atoms with Gasteiger partial charge in [-0.15, -0.1) is 0 Å². The van der Waals surface area contributed by atoms with Gasteiger partial charge in [-0.1, -0.05) is 152 Å². The van der Waals surface area contributed by atoms with E-state index in [0.717, 1.165) is 34.1 Å². The Kier molecular flexibility index (Phi) is 8.02. The molecular weight excluding hydrogens is 657 g/mol. The second-order valence-corrected chi connectivity index (χ2v) is 15.6. The van der Waals surface area contributed by atoms with Crippen molar-refractivity contribution in [3.63, 3.8) is 0 Å². The molecule has 4 aliphatic carbocycles. The largest absolute Gasteiger partial charge is 0.238 e. The van der Waals surface area contributed by atoms with E-state index in [1.54, 1.807) is 0 Å². The van der Waals surface area contributed by atoms with Gasteiger partial charge >= 0.3 is 0 Å². The smallest absolute Gasteiger partial charge is 0.187 e. The van der Waals surface area contributed by atoms with Crippen molar-refractivity contribution in [1.82, 2.24) is 15.0 Å². The Morgan fingerprint density at radius 2 is 0.796 bits per heavy atom. The van der Waals surface area contributed by atoms with Gasteiger partial charge in [0.15, 0.2) is 23.2 Å². The Morgan fingerprint density at radius 1 is 0.407 bits per heavy atom. The van der Waals surface area contributed by atoms with Crippen molar-refractivity contribution in [2.24, 2.45) is 23.7 Å². The van der Waals surface area contributed by atoms with E-state index in [1.165, 1.54) is 59.9 Å². The molecule has 4 heteroatoms. The molecule has 4 aliphatic rings. The average molecular weight is 697 g/mol. The summed E-state index contributed by atoms with van der Waals surface area (Å²) in [5.41, 5.74) is 11.2. The van der Waals surface area contributed by atoms with Gasteiger partial charge in [-0.3, -0.25) is 0 Å². The first kappa shape index (κ1) is 32.5. The molecular formula is C50H40N4. The zero-order valence-corrected chi connectivity index (χ0v) is 30.1. The van der Waals surface area contributed by atoms with Crippen LogP contribution in [-0.2, 0) is 5.41 Å². The summed E-state index contributed by atoms with van der Waals surface area (Å²) < 4.78 is 0. The van der Waals surface area contributed by atoms with Crippen LogP contribution in [0.1, 0.15) is 43.2 Å². The van der Waals surface area contributed by atoms with Crippen molar-refractivity contribution in [2.75, 3.05) is 0 Å². The van der Waals surface area contributed by atoms with Crippen molar-refractivity contribution in [1.29, 1.82) is 0 Å². The van der Waals surface area contributed by atoms with Crippen LogP contribution in [0.2, 0.25) is 0 Å². The number of rotatable bonds is 7. The average Bonchev–Trinajstić information content (AvgIpc) is 3.24. The van der Waals surface area contributed by atoms with E-state index in [9.17, 15) is 0 Å². The second kappa shape index (κ2) is 13.3. The molecule has 54 heavy (non-hydrogen) atoms. The lowest BCUT2D eigenvalue weighted by Crippen LogP contribution is -2.56. The first-order valence-electron chi connectivity index (χ1n) is 19.3. The molecule has 4 saturated carbocycles. The van der Waals surface area contributed by atoms with Gasteiger partial charge in [0.05, 0.1) is 6.57 Å². The van der Waals surface area contributed by atoms with Gasteiger partial charge in [-0.25, -0.2) is 19.8 Å². The van der Waals surface area contributed by atoms with Crippen LogP contribution >= 0.6 is 0 Å². The number of hydrogen-bond acceptors (Lipinski definition) is 3. The predicted octanol–water partition coefficient (Wildman–Crippen LogP) is 12.5. The van der Waals surface area contributed by atoms with Crippen LogP contribution in [0.3, 0.4) is 0 Å². The summed E-state index contributed by atoms with van der Waals surface area (Å²) in [6.07, 6.45) is 6.76. The van der Waals surface area contributed by atoms with Crippen molar-refractivity contribution >= 4 is 5.69 Å². The molecule has 7 aromatic rings. The molecule has 1 heterocycles. The Labute approximate surface area is 317 Å². The Morgan fingerprint density at radius 3 is 1.26 bits per heavy atom. The maximum Gasteiger partial charge on any atom is 0.187 e. The van der Waals surface area contributed by atoms with Crippen LogP contribution in [0.5, 0.6) is 0 Å². The van der Waals surface area contributed by atoms with Gasteiger partial charge in [0.25, 0.3) is 0 Å². The Bertz CT molecular complexity index is 2400. The molecule has 1 aromatic heterocycles. The van der Waals surface area contributed by atoms with E-state index in [2.05, 4.69) is 83.7 Å². The van der Waals surface area contributed by atoms with Crippen molar-refractivity contribution < 1.29 is 0 Å². The van der Waals surface area contributed by atoms with E-state index in [0.29, 0.717) is 35.0 Å². The molecule has 11 rings (SSSR count). The van der Waals surface area contributed by atoms with Gasteiger partial charge in [-0.05, 0) is 95.2 Å². The monoisotopic (exact) mass is 696 g/mol. The minimum absolute atomic E-state index is 0.0261. The van der Waals surface area contributed by atoms with Crippen molar-refractivity contribution in [2.45, 2.75) is 37.5 Å². The van der Waals surface area contributed by atoms with Gasteiger partial charge in [0.1, 0.15) is 0 Å². The molecule has 0 unspecified atom stereocenters. The van der Waals surface area contributed by atoms with Gasteiger partial charge < -0.3 is 0 Å². The normalized spacial score (nSPS) is 22.5. The number of hydrogen-bond donors (Lipinski definition) is 0. The van der Waals surface area contributed by atoms with Crippen molar-refractivity contribution in [3.8, 4) is 56.4 Å². The van der Waals surface area contributed by atoms with Crippen molar-refractivity contribution in [3.05, 3.63) is 180 Å². The minimum Gasteiger partial charge on any atom is -0.238 e. The topological polar surface area (TPSA) is 43.0 Å². The fourth-order valence-corrected chi connectivity index (χ4v) is 10.4. The third-order valence-electron chi connectivity index (χ3n) is 12.6. The van der Waals surface area contributed by atoms with Crippen LogP contribution in [0, 0.1) is 30.2 Å². The highest BCUT2D eigenvalue weighted by Crippen LogP contribution is 2.65. The van der Waals surface area contributed by atoms with Gasteiger partial charge in [0.2, 0.25) is 0 Å². The summed E-state index contributed by atoms with van der Waals surface area (Å²) in [5, 5.41) is 0. The number of aromatic nitrogens is 3. The molecule has 6 aromatic carbocycles. The molecule has 4 nitrogen and oxygen atoms in total.